The van der Waals surface area contributed by atoms with E-state index in [4.69, 9.17) is 10.5 Å². The minimum atomic E-state index is -0.947. The first-order valence-electron chi connectivity index (χ1n) is 7.52. The molecule has 1 heterocycles. The van der Waals surface area contributed by atoms with Gasteiger partial charge in [0, 0.05) is 6.20 Å². The lowest BCUT2D eigenvalue weighted by Gasteiger charge is -2.22. The highest BCUT2D eigenvalue weighted by molar-refractivity contribution is 5.94. The van der Waals surface area contributed by atoms with Crippen molar-refractivity contribution in [2.24, 2.45) is 11.7 Å². The van der Waals surface area contributed by atoms with E-state index in [-0.39, 0.29) is 17.8 Å². The maximum atomic E-state index is 12.0. The quantitative estimate of drug-likeness (QED) is 0.743. The molecular formula is C15H26N4O3. The lowest BCUT2D eigenvalue weighted by Crippen LogP contribution is -2.40. The molecule has 0 aliphatic rings. The summed E-state index contributed by atoms with van der Waals surface area (Å²) < 4.78 is 6.50. The summed E-state index contributed by atoms with van der Waals surface area (Å²) in [7, 11) is 0. The molecule has 3 N–H and O–H groups in total. The van der Waals surface area contributed by atoms with Crippen molar-refractivity contribution in [3.8, 4) is 0 Å². The van der Waals surface area contributed by atoms with Gasteiger partial charge in [-0.25, -0.2) is 4.79 Å². The van der Waals surface area contributed by atoms with E-state index in [1.807, 2.05) is 13.8 Å². The van der Waals surface area contributed by atoms with Crippen LogP contribution in [0.1, 0.15) is 41.0 Å². The fourth-order valence-electron chi connectivity index (χ4n) is 1.83. The van der Waals surface area contributed by atoms with Gasteiger partial charge in [-0.1, -0.05) is 20.3 Å². The van der Waals surface area contributed by atoms with Gasteiger partial charge in [-0.05, 0) is 26.7 Å². The minimum Gasteiger partial charge on any atom is -0.464 e. The smallest absolute Gasteiger partial charge is 0.333 e. The van der Waals surface area contributed by atoms with Gasteiger partial charge in [0.1, 0.15) is 0 Å². The van der Waals surface area contributed by atoms with E-state index in [1.54, 1.807) is 27.0 Å². The number of rotatable bonds is 7. The summed E-state index contributed by atoms with van der Waals surface area (Å²) in [6.45, 7) is 9.37. The molecule has 0 aliphatic heterocycles. The van der Waals surface area contributed by atoms with Crippen molar-refractivity contribution in [3.63, 3.8) is 0 Å². The number of aromatic nitrogens is 2. The third-order valence-electron chi connectivity index (χ3n) is 3.76. The van der Waals surface area contributed by atoms with Gasteiger partial charge >= 0.3 is 5.97 Å². The number of ether oxygens (including phenoxy) is 1. The van der Waals surface area contributed by atoms with Crippen LogP contribution in [0, 0.1) is 5.92 Å². The second-order valence-corrected chi connectivity index (χ2v) is 5.85. The topological polar surface area (TPSA) is 99.2 Å². The molecule has 2 atom stereocenters. The zero-order valence-electron chi connectivity index (χ0n) is 13.9. The number of nitrogens with zero attached hydrogens (tertiary/aromatic N) is 2. The van der Waals surface area contributed by atoms with E-state index >= 15 is 0 Å². The number of carbonyl (C=O) groups is 2. The van der Waals surface area contributed by atoms with Gasteiger partial charge in [0.05, 0.1) is 24.5 Å². The third kappa shape index (κ3) is 4.07. The number of esters is 1. The van der Waals surface area contributed by atoms with Crippen LogP contribution < -0.4 is 11.1 Å². The SMILES string of the molecule is CCOC(=O)C(C)(C)n1cc(NC(=O)C(N)C(C)CC)cn1. The zero-order chi connectivity index (χ0) is 16.9. The number of hydrogen-bond donors (Lipinski definition) is 2. The molecule has 0 aromatic carbocycles. The highest BCUT2D eigenvalue weighted by Crippen LogP contribution is 2.19. The van der Waals surface area contributed by atoms with Crippen LogP contribution in [0.15, 0.2) is 12.4 Å². The van der Waals surface area contributed by atoms with Crippen molar-refractivity contribution < 1.29 is 14.3 Å². The van der Waals surface area contributed by atoms with Crippen molar-refractivity contribution in [1.29, 1.82) is 0 Å². The third-order valence-corrected chi connectivity index (χ3v) is 3.76. The van der Waals surface area contributed by atoms with Gasteiger partial charge in [0.15, 0.2) is 5.54 Å². The first kappa shape index (κ1) is 18.2. The first-order valence-corrected chi connectivity index (χ1v) is 7.52. The normalized spacial score (nSPS) is 14.3. The molecule has 1 aromatic rings. The molecule has 0 radical (unpaired) electrons. The summed E-state index contributed by atoms with van der Waals surface area (Å²) in [5, 5.41) is 6.85. The molecule has 1 rings (SSSR count). The van der Waals surface area contributed by atoms with E-state index in [2.05, 4.69) is 10.4 Å². The van der Waals surface area contributed by atoms with Crippen molar-refractivity contribution in [2.75, 3.05) is 11.9 Å². The number of carbonyl (C=O) groups excluding carboxylic acids is 2. The number of amides is 1. The van der Waals surface area contributed by atoms with Crippen LogP contribution in [0.5, 0.6) is 0 Å². The Morgan fingerprint density at radius 1 is 1.45 bits per heavy atom. The van der Waals surface area contributed by atoms with E-state index in [1.165, 1.54) is 10.9 Å². The van der Waals surface area contributed by atoms with Crippen LogP contribution in [0.2, 0.25) is 0 Å². The Kier molecular flexibility index (Phi) is 6.11. The van der Waals surface area contributed by atoms with Gasteiger partial charge < -0.3 is 15.8 Å². The van der Waals surface area contributed by atoms with Crippen molar-refractivity contribution in [1.82, 2.24) is 9.78 Å². The standard InChI is InChI=1S/C15H26N4O3/c1-6-10(3)12(16)13(20)18-11-8-17-19(9-11)15(4,5)14(21)22-7-2/h8-10,12H,6-7,16H2,1-5H3,(H,18,20). The molecule has 0 saturated heterocycles. The van der Waals surface area contributed by atoms with Crippen LogP contribution in [0.25, 0.3) is 0 Å². The number of hydrogen-bond acceptors (Lipinski definition) is 5. The maximum absolute atomic E-state index is 12.0. The summed E-state index contributed by atoms with van der Waals surface area (Å²) >= 11 is 0. The molecule has 7 nitrogen and oxygen atoms in total. The number of nitrogens with two attached hydrogens (primary N) is 1. The highest BCUT2D eigenvalue weighted by atomic mass is 16.5. The van der Waals surface area contributed by atoms with Crippen LogP contribution in [0.4, 0.5) is 5.69 Å². The fraction of sp³-hybridized carbons (Fsp3) is 0.667. The summed E-state index contributed by atoms with van der Waals surface area (Å²) in [5.41, 5.74) is 5.44. The van der Waals surface area contributed by atoms with Crippen LogP contribution in [-0.2, 0) is 19.9 Å². The number of nitrogens with one attached hydrogen (secondary N) is 1. The Labute approximate surface area is 131 Å². The van der Waals surface area contributed by atoms with Gasteiger partial charge in [0.25, 0.3) is 0 Å². The monoisotopic (exact) mass is 310 g/mol. The summed E-state index contributed by atoms with van der Waals surface area (Å²) in [4.78, 5) is 24.0. The van der Waals surface area contributed by atoms with Crippen LogP contribution in [0.3, 0.4) is 0 Å². The average Bonchev–Trinajstić information content (AvgIpc) is 2.94. The molecule has 1 aromatic heterocycles. The number of anilines is 1. The largest absolute Gasteiger partial charge is 0.464 e. The molecule has 124 valence electrons. The first-order chi connectivity index (χ1) is 10.2. The van der Waals surface area contributed by atoms with E-state index < -0.39 is 11.6 Å². The molecule has 0 spiro atoms. The molecule has 1 amide bonds. The Morgan fingerprint density at radius 3 is 2.64 bits per heavy atom. The van der Waals surface area contributed by atoms with E-state index in [0.29, 0.717) is 12.3 Å². The van der Waals surface area contributed by atoms with Gasteiger partial charge in [-0.2, -0.15) is 5.10 Å². The van der Waals surface area contributed by atoms with Crippen LogP contribution >= 0.6 is 0 Å². The Bertz CT molecular complexity index is 525. The van der Waals surface area contributed by atoms with Crippen molar-refractivity contribution >= 4 is 17.6 Å². The molecule has 22 heavy (non-hydrogen) atoms. The second kappa shape index (κ2) is 7.40. The van der Waals surface area contributed by atoms with Crippen molar-refractivity contribution in [3.05, 3.63) is 12.4 Å². The minimum absolute atomic E-state index is 0.0889. The lowest BCUT2D eigenvalue weighted by molar-refractivity contribution is -0.152. The van der Waals surface area contributed by atoms with Gasteiger partial charge in [-0.3, -0.25) is 9.48 Å². The lowest BCUT2D eigenvalue weighted by atomic mass is 9.99. The molecule has 0 bridgehead atoms. The zero-order valence-corrected chi connectivity index (χ0v) is 13.9. The van der Waals surface area contributed by atoms with Gasteiger partial charge in [0.2, 0.25) is 5.91 Å². The highest BCUT2D eigenvalue weighted by Gasteiger charge is 2.32. The predicted molar refractivity (Wildman–Crippen MR) is 84.2 cm³/mol. The summed E-state index contributed by atoms with van der Waals surface area (Å²) in [5.74, 6) is -0.554. The van der Waals surface area contributed by atoms with Crippen molar-refractivity contribution in [2.45, 2.75) is 52.6 Å². The Morgan fingerprint density at radius 2 is 2.09 bits per heavy atom. The molecule has 0 fully saturated rings. The summed E-state index contributed by atoms with van der Waals surface area (Å²) in [6, 6.07) is -0.577. The maximum Gasteiger partial charge on any atom is 0.333 e. The molecule has 0 saturated carbocycles. The van der Waals surface area contributed by atoms with Crippen LogP contribution in [-0.4, -0.2) is 34.3 Å². The second-order valence-electron chi connectivity index (χ2n) is 5.85. The molecule has 2 unspecified atom stereocenters. The fourth-order valence-corrected chi connectivity index (χ4v) is 1.83. The predicted octanol–water partition coefficient (Wildman–Crippen LogP) is 1.49. The molecule has 0 aliphatic carbocycles. The Balaban J connectivity index is 2.80. The summed E-state index contributed by atoms with van der Waals surface area (Å²) in [6.07, 6.45) is 3.91. The van der Waals surface area contributed by atoms with E-state index in [0.717, 1.165) is 6.42 Å². The van der Waals surface area contributed by atoms with Gasteiger partial charge in [-0.15, -0.1) is 0 Å². The Hall–Kier alpha value is -1.89. The molecule has 7 heteroatoms. The van der Waals surface area contributed by atoms with E-state index in [9.17, 15) is 9.59 Å². The average molecular weight is 310 g/mol. The molecular weight excluding hydrogens is 284 g/mol.